The molecule has 0 atom stereocenters. The van der Waals surface area contributed by atoms with Crippen molar-refractivity contribution in [2.75, 3.05) is 10.7 Å². The van der Waals surface area contributed by atoms with Crippen LogP contribution in [0.25, 0.3) is 0 Å². The summed E-state index contributed by atoms with van der Waals surface area (Å²) in [5.74, 6) is 9.49. The average molecular weight is 234 g/mol. The summed E-state index contributed by atoms with van der Waals surface area (Å²) in [6.45, 7) is 0. The Morgan fingerprint density at radius 3 is 2.56 bits per heavy atom. The number of aromatic nitrogens is 1. The van der Waals surface area contributed by atoms with E-state index >= 15 is 0 Å². The minimum Gasteiger partial charge on any atom is -0.397 e. The largest absolute Gasteiger partial charge is 0.420 e. The molecule has 0 bridgehead atoms. The normalized spacial score (nSPS) is 12.0. The van der Waals surface area contributed by atoms with E-state index < -0.39 is 17.6 Å². The van der Waals surface area contributed by atoms with E-state index in [1.54, 1.807) is 0 Å². The maximum atomic E-state index is 12.6. The number of halogens is 3. The van der Waals surface area contributed by atoms with E-state index in [1.807, 2.05) is 0 Å². The summed E-state index contributed by atoms with van der Waals surface area (Å²) in [4.78, 5) is 3.47. The molecule has 16 heavy (non-hydrogen) atoms. The molecule has 0 saturated heterocycles. The van der Waals surface area contributed by atoms with Crippen LogP contribution < -0.4 is 22.4 Å². The smallest absolute Gasteiger partial charge is 0.397 e. The fourth-order valence-electron chi connectivity index (χ4n) is 1.01. The van der Waals surface area contributed by atoms with Gasteiger partial charge in [0.25, 0.3) is 0 Å². The lowest BCUT2D eigenvalue weighted by Gasteiger charge is -2.17. The highest BCUT2D eigenvalue weighted by Crippen LogP contribution is 2.35. The Morgan fingerprint density at radius 2 is 2.06 bits per heavy atom. The summed E-state index contributed by atoms with van der Waals surface area (Å²) in [5.41, 5.74) is 4.04. The summed E-state index contributed by atoms with van der Waals surface area (Å²) < 4.78 is 37.7. The standard InChI is InChI=1S/C7H9F3N6/c8-7(9,10)5-1-4(11)2-14-6(5)16(13)3-15-12/h1-3H,11-13H2/b15-3-. The second kappa shape index (κ2) is 4.23. The Labute approximate surface area is 88.5 Å². The van der Waals surface area contributed by atoms with E-state index in [4.69, 9.17) is 17.4 Å². The molecule has 0 aromatic carbocycles. The summed E-state index contributed by atoms with van der Waals surface area (Å²) in [5, 5.41) is 3.55. The fourth-order valence-corrected chi connectivity index (χ4v) is 1.01. The molecule has 0 fully saturated rings. The number of hydrogen-bond acceptors (Lipinski definition) is 5. The van der Waals surface area contributed by atoms with Crippen molar-refractivity contribution < 1.29 is 13.2 Å². The zero-order chi connectivity index (χ0) is 12.3. The van der Waals surface area contributed by atoms with Crippen LogP contribution in [-0.4, -0.2) is 11.3 Å². The molecule has 1 aromatic rings. The van der Waals surface area contributed by atoms with Gasteiger partial charge in [-0.15, -0.1) is 0 Å². The molecule has 6 nitrogen and oxygen atoms in total. The van der Waals surface area contributed by atoms with E-state index in [-0.39, 0.29) is 5.69 Å². The molecule has 0 saturated carbocycles. The summed E-state index contributed by atoms with van der Waals surface area (Å²) in [6, 6.07) is 0.729. The summed E-state index contributed by atoms with van der Waals surface area (Å²) >= 11 is 0. The van der Waals surface area contributed by atoms with Crippen LogP contribution in [0, 0.1) is 0 Å². The molecule has 1 rings (SSSR count). The van der Waals surface area contributed by atoms with Crippen LogP contribution in [0.1, 0.15) is 5.56 Å². The van der Waals surface area contributed by atoms with Gasteiger partial charge in [0.1, 0.15) is 11.9 Å². The number of hydrazine groups is 1. The first-order valence-electron chi connectivity index (χ1n) is 3.96. The number of nitrogens with zero attached hydrogens (tertiary/aromatic N) is 3. The molecule has 0 aliphatic rings. The molecule has 0 unspecified atom stereocenters. The van der Waals surface area contributed by atoms with E-state index in [0.29, 0.717) is 5.01 Å². The lowest BCUT2D eigenvalue weighted by molar-refractivity contribution is -0.137. The Morgan fingerprint density at radius 1 is 1.44 bits per heavy atom. The topological polar surface area (TPSA) is 107 Å². The Bertz CT molecular complexity index is 402. The first kappa shape index (κ1) is 12.0. The van der Waals surface area contributed by atoms with Crippen LogP contribution in [0.4, 0.5) is 24.7 Å². The monoisotopic (exact) mass is 234 g/mol. The van der Waals surface area contributed by atoms with E-state index in [9.17, 15) is 13.2 Å². The third-order valence-electron chi connectivity index (χ3n) is 1.63. The summed E-state index contributed by atoms with van der Waals surface area (Å²) in [7, 11) is 0. The number of pyridine rings is 1. The van der Waals surface area contributed by atoms with Gasteiger partial charge >= 0.3 is 6.18 Å². The van der Waals surface area contributed by atoms with Crippen molar-refractivity contribution in [3.05, 3.63) is 17.8 Å². The maximum Gasteiger partial charge on any atom is 0.420 e. The van der Waals surface area contributed by atoms with Crippen molar-refractivity contribution in [1.82, 2.24) is 4.98 Å². The first-order valence-corrected chi connectivity index (χ1v) is 3.96. The lowest BCUT2D eigenvalue weighted by atomic mass is 10.2. The minimum absolute atomic E-state index is 0.117. The van der Waals surface area contributed by atoms with Crippen molar-refractivity contribution >= 4 is 17.8 Å². The molecular weight excluding hydrogens is 225 g/mol. The molecule has 0 spiro atoms. The number of nitrogens with two attached hydrogens (primary N) is 3. The van der Waals surface area contributed by atoms with Gasteiger partial charge < -0.3 is 11.6 Å². The molecule has 88 valence electrons. The Kier molecular flexibility index (Phi) is 3.18. The van der Waals surface area contributed by atoms with Crippen molar-refractivity contribution in [2.24, 2.45) is 16.8 Å². The van der Waals surface area contributed by atoms with E-state index in [1.165, 1.54) is 0 Å². The third kappa shape index (κ3) is 2.51. The minimum atomic E-state index is -4.61. The molecule has 0 radical (unpaired) electrons. The summed E-state index contributed by atoms with van der Waals surface area (Å²) in [6.07, 6.45) is -2.76. The van der Waals surface area contributed by atoms with Gasteiger partial charge in [0.2, 0.25) is 0 Å². The lowest BCUT2D eigenvalue weighted by Crippen LogP contribution is -2.32. The van der Waals surface area contributed by atoms with Crippen molar-refractivity contribution in [3.8, 4) is 0 Å². The third-order valence-corrected chi connectivity index (χ3v) is 1.63. The zero-order valence-corrected chi connectivity index (χ0v) is 7.94. The fraction of sp³-hybridized carbons (Fsp3) is 0.143. The molecule has 0 amide bonds. The van der Waals surface area contributed by atoms with Crippen molar-refractivity contribution in [2.45, 2.75) is 6.18 Å². The van der Waals surface area contributed by atoms with Crippen LogP contribution >= 0.6 is 0 Å². The average Bonchev–Trinajstić information content (AvgIpc) is 2.16. The Hall–Kier alpha value is -2.03. The molecule has 6 N–H and O–H groups in total. The van der Waals surface area contributed by atoms with Crippen LogP contribution in [0.2, 0.25) is 0 Å². The Balaban J connectivity index is 3.28. The van der Waals surface area contributed by atoms with Crippen LogP contribution in [0.15, 0.2) is 17.4 Å². The van der Waals surface area contributed by atoms with Gasteiger partial charge in [0.15, 0.2) is 5.82 Å². The first-order chi connectivity index (χ1) is 7.36. The predicted molar refractivity (Wildman–Crippen MR) is 53.0 cm³/mol. The number of alkyl halides is 3. The van der Waals surface area contributed by atoms with Gasteiger partial charge in [-0.1, -0.05) is 0 Å². The maximum absolute atomic E-state index is 12.6. The van der Waals surface area contributed by atoms with E-state index in [2.05, 4.69) is 10.1 Å². The number of anilines is 2. The number of hydrazone groups is 1. The zero-order valence-electron chi connectivity index (χ0n) is 7.94. The van der Waals surface area contributed by atoms with E-state index in [0.717, 1.165) is 18.6 Å². The number of rotatable bonds is 2. The number of hydrogen-bond donors (Lipinski definition) is 3. The van der Waals surface area contributed by atoms with Gasteiger partial charge in [-0.2, -0.15) is 18.3 Å². The van der Waals surface area contributed by atoms with Crippen LogP contribution in [0.3, 0.4) is 0 Å². The highest BCUT2D eigenvalue weighted by molar-refractivity contribution is 5.77. The molecule has 9 heteroatoms. The highest BCUT2D eigenvalue weighted by atomic mass is 19.4. The predicted octanol–water partition coefficient (Wildman–Crippen LogP) is 0.265. The highest BCUT2D eigenvalue weighted by Gasteiger charge is 2.35. The molecule has 0 aliphatic carbocycles. The van der Waals surface area contributed by atoms with Gasteiger partial charge in [-0.05, 0) is 6.07 Å². The second-order valence-corrected chi connectivity index (χ2v) is 2.81. The molecular formula is C7H9F3N6. The molecule has 1 heterocycles. The molecule has 0 aliphatic heterocycles. The van der Waals surface area contributed by atoms with Crippen LogP contribution in [-0.2, 0) is 6.18 Å². The SMILES string of the molecule is N/N=C\N(N)c1ncc(N)cc1C(F)(F)F. The van der Waals surface area contributed by atoms with Crippen molar-refractivity contribution in [3.63, 3.8) is 0 Å². The number of nitrogen functional groups attached to an aromatic ring is 1. The van der Waals surface area contributed by atoms with Gasteiger partial charge in [-0.3, -0.25) is 0 Å². The quantitative estimate of drug-likeness (QED) is 0.294. The van der Waals surface area contributed by atoms with Crippen molar-refractivity contribution in [1.29, 1.82) is 0 Å². The van der Waals surface area contributed by atoms with Gasteiger partial charge in [-0.25, -0.2) is 15.8 Å². The second-order valence-electron chi connectivity index (χ2n) is 2.81. The van der Waals surface area contributed by atoms with Crippen LogP contribution in [0.5, 0.6) is 0 Å². The van der Waals surface area contributed by atoms with Gasteiger partial charge in [0, 0.05) is 0 Å². The van der Waals surface area contributed by atoms with Gasteiger partial charge in [0.05, 0.1) is 11.9 Å². The molecule has 1 aromatic heterocycles.